The van der Waals surface area contributed by atoms with Crippen LogP contribution in [0.1, 0.15) is 36.7 Å². The molecule has 2 aromatic heterocycles. The third-order valence-electron chi connectivity index (χ3n) is 4.40. The number of fused-ring (bicyclic) bond motifs is 1. The van der Waals surface area contributed by atoms with E-state index in [0.29, 0.717) is 0 Å². The highest BCUT2D eigenvalue weighted by Gasteiger charge is 2.21. The lowest BCUT2D eigenvalue weighted by molar-refractivity contribution is 0.388. The van der Waals surface area contributed by atoms with Crippen molar-refractivity contribution in [3.8, 4) is 22.8 Å². The molecule has 3 rings (SSSR count). The molecule has 0 saturated heterocycles. The van der Waals surface area contributed by atoms with Gasteiger partial charge < -0.3 is 9.47 Å². The van der Waals surface area contributed by atoms with E-state index in [1.807, 2.05) is 25.3 Å². The number of benzene rings is 1. The average molecular weight is 337 g/mol. The molecule has 0 N–H and O–H groups in total. The summed E-state index contributed by atoms with van der Waals surface area (Å²) in [5, 5.41) is 0.964. The first-order valence-electron chi connectivity index (χ1n) is 8.31. The smallest absolute Gasteiger partial charge is 0.126 e. The van der Waals surface area contributed by atoms with Gasteiger partial charge in [-0.1, -0.05) is 13.8 Å². The van der Waals surface area contributed by atoms with E-state index in [1.54, 1.807) is 20.4 Å². The minimum Gasteiger partial charge on any atom is -0.496 e. The SMILES string of the molecule is COc1cc(OC)c(C(C)C)c(-c2cc3cnc(C)nc3cn2)c1C. The lowest BCUT2D eigenvalue weighted by atomic mass is 9.89. The zero-order valence-electron chi connectivity index (χ0n) is 15.5. The standard InChI is InChI=1S/C20H23N3O2/c1-11(2)19-18(25-6)8-17(24-5)12(3)20(19)15-7-14-9-21-13(4)23-16(14)10-22-15/h7-11H,1-6H3. The summed E-state index contributed by atoms with van der Waals surface area (Å²) in [6.07, 6.45) is 3.64. The van der Waals surface area contributed by atoms with Crippen LogP contribution in [0.25, 0.3) is 22.2 Å². The van der Waals surface area contributed by atoms with Crippen LogP contribution in [0.3, 0.4) is 0 Å². The number of aromatic nitrogens is 3. The molecular formula is C20H23N3O2. The molecule has 5 heteroatoms. The minimum absolute atomic E-state index is 0.279. The lowest BCUT2D eigenvalue weighted by Crippen LogP contribution is -2.03. The van der Waals surface area contributed by atoms with Crippen LogP contribution in [-0.2, 0) is 0 Å². The molecule has 0 bridgehead atoms. The van der Waals surface area contributed by atoms with Crippen LogP contribution in [0, 0.1) is 13.8 Å². The van der Waals surface area contributed by atoms with E-state index in [9.17, 15) is 0 Å². The molecule has 0 unspecified atom stereocenters. The number of nitrogens with zero attached hydrogens (tertiary/aromatic N) is 3. The van der Waals surface area contributed by atoms with Crippen molar-refractivity contribution in [1.82, 2.24) is 15.0 Å². The Labute approximate surface area is 148 Å². The zero-order valence-corrected chi connectivity index (χ0v) is 15.5. The monoisotopic (exact) mass is 337 g/mol. The molecule has 130 valence electrons. The van der Waals surface area contributed by atoms with Crippen LogP contribution in [0.2, 0.25) is 0 Å². The molecule has 0 aliphatic heterocycles. The summed E-state index contributed by atoms with van der Waals surface area (Å²) in [6, 6.07) is 3.98. The fourth-order valence-electron chi connectivity index (χ4n) is 3.20. The Morgan fingerprint density at radius 3 is 2.28 bits per heavy atom. The molecule has 0 radical (unpaired) electrons. The van der Waals surface area contributed by atoms with E-state index in [0.717, 1.165) is 50.6 Å². The van der Waals surface area contributed by atoms with Crippen molar-refractivity contribution < 1.29 is 9.47 Å². The minimum atomic E-state index is 0.279. The highest BCUT2D eigenvalue weighted by atomic mass is 16.5. The first-order chi connectivity index (χ1) is 12.0. The maximum atomic E-state index is 5.64. The number of aryl methyl sites for hydroxylation is 1. The quantitative estimate of drug-likeness (QED) is 0.704. The highest BCUT2D eigenvalue weighted by Crippen LogP contribution is 2.42. The van der Waals surface area contributed by atoms with Crippen LogP contribution >= 0.6 is 0 Å². The summed E-state index contributed by atoms with van der Waals surface area (Å²) < 4.78 is 11.2. The molecule has 0 aliphatic rings. The van der Waals surface area contributed by atoms with Crippen molar-refractivity contribution in [3.05, 3.63) is 41.5 Å². The number of pyridine rings is 1. The Hall–Kier alpha value is -2.69. The molecule has 3 aromatic rings. The van der Waals surface area contributed by atoms with Crippen LogP contribution < -0.4 is 9.47 Å². The fraction of sp³-hybridized carbons (Fsp3) is 0.350. The van der Waals surface area contributed by atoms with Gasteiger partial charge in [-0.25, -0.2) is 9.97 Å². The number of hydrogen-bond donors (Lipinski definition) is 0. The number of hydrogen-bond acceptors (Lipinski definition) is 5. The van der Waals surface area contributed by atoms with E-state index < -0.39 is 0 Å². The Morgan fingerprint density at radius 1 is 0.920 bits per heavy atom. The maximum Gasteiger partial charge on any atom is 0.126 e. The summed E-state index contributed by atoms with van der Waals surface area (Å²) in [5.74, 6) is 2.62. The third kappa shape index (κ3) is 3.02. The Balaban J connectivity index is 2.33. The van der Waals surface area contributed by atoms with Crippen LogP contribution in [-0.4, -0.2) is 29.2 Å². The van der Waals surface area contributed by atoms with Crippen molar-refractivity contribution >= 4 is 10.9 Å². The van der Waals surface area contributed by atoms with E-state index >= 15 is 0 Å². The molecule has 0 aliphatic carbocycles. The summed E-state index contributed by atoms with van der Waals surface area (Å²) in [5.41, 5.74) is 4.94. The number of methoxy groups -OCH3 is 2. The highest BCUT2D eigenvalue weighted by molar-refractivity contribution is 5.84. The van der Waals surface area contributed by atoms with E-state index in [1.165, 1.54) is 0 Å². The average Bonchev–Trinajstić information content (AvgIpc) is 2.60. The molecule has 0 atom stereocenters. The van der Waals surface area contributed by atoms with E-state index in [-0.39, 0.29) is 5.92 Å². The maximum absolute atomic E-state index is 5.64. The number of rotatable bonds is 4. The van der Waals surface area contributed by atoms with Gasteiger partial charge in [-0.05, 0) is 25.8 Å². The first kappa shape index (κ1) is 17.1. The van der Waals surface area contributed by atoms with Crippen molar-refractivity contribution in [2.75, 3.05) is 14.2 Å². The largest absolute Gasteiger partial charge is 0.496 e. The molecule has 2 heterocycles. The molecule has 25 heavy (non-hydrogen) atoms. The van der Waals surface area contributed by atoms with Crippen LogP contribution in [0.4, 0.5) is 0 Å². The van der Waals surface area contributed by atoms with Crippen LogP contribution in [0.15, 0.2) is 24.5 Å². The molecule has 0 saturated carbocycles. The van der Waals surface area contributed by atoms with Gasteiger partial charge in [-0.3, -0.25) is 4.98 Å². The predicted octanol–water partition coefficient (Wildman–Crippen LogP) is 4.45. The fourth-order valence-corrected chi connectivity index (χ4v) is 3.20. The van der Waals surface area contributed by atoms with Gasteiger partial charge in [-0.15, -0.1) is 0 Å². The zero-order chi connectivity index (χ0) is 18.1. The molecule has 1 aromatic carbocycles. The summed E-state index contributed by atoms with van der Waals surface area (Å²) in [6.45, 7) is 8.24. The second-order valence-corrected chi connectivity index (χ2v) is 6.40. The third-order valence-corrected chi connectivity index (χ3v) is 4.40. The molecule has 5 nitrogen and oxygen atoms in total. The van der Waals surface area contributed by atoms with Gasteiger partial charge in [-0.2, -0.15) is 0 Å². The van der Waals surface area contributed by atoms with Gasteiger partial charge >= 0.3 is 0 Å². The summed E-state index contributed by atoms with van der Waals surface area (Å²) in [7, 11) is 3.36. The topological polar surface area (TPSA) is 57.1 Å². The van der Waals surface area contributed by atoms with Crippen molar-refractivity contribution in [3.63, 3.8) is 0 Å². The van der Waals surface area contributed by atoms with Gasteiger partial charge in [0, 0.05) is 34.3 Å². The van der Waals surface area contributed by atoms with E-state index in [4.69, 9.17) is 9.47 Å². The molecule has 0 amide bonds. The molecular weight excluding hydrogens is 314 g/mol. The Kier molecular flexibility index (Phi) is 4.57. The van der Waals surface area contributed by atoms with Gasteiger partial charge in [0.1, 0.15) is 17.3 Å². The van der Waals surface area contributed by atoms with Gasteiger partial charge in [0.25, 0.3) is 0 Å². The van der Waals surface area contributed by atoms with Crippen LogP contribution in [0.5, 0.6) is 11.5 Å². The number of ether oxygens (including phenoxy) is 2. The second kappa shape index (κ2) is 6.67. The lowest BCUT2D eigenvalue weighted by Gasteiger charge is -2.21. The van der Waals surface area contributed by atoms with Crippen molar-refractivity contribution in [2.45, 2.75) is 33.6 Å². The van der Waals surface area contributed by atoms with Gasteiger partial charge in [0.15, 0.2) is 0 Å². The van der Waals surface area contributed by atoms with Crippen molar-refractivity contribution in [2.24, 2.45) is 0 Å². The van der Waals surface area contributed by atoms with Gasteiger partial charge in [0.05, 0.1) is 31.6 Å². The molecule has 0 spiro atoms. The molecule has 0 fully saturated rings. The predicted molar refractivity (Wildman–Crippen MR) is 99.4 cm³/mol. The normalized spacial score (nSPS) is 11.2. The van der Waals surface area contributed by atoms with Crippen molar-refractivity contribution in [1.29, 1.82) is 0 Å². The summed E-state index contributed by atoms with van der Waals surface area (Å²) in [4.78, 5) is 13.4. The van der Waals surface area contributed by atoms with E-state index in [2.05, 4.69) is 35.7 Å². The van der Waals surface area contributed by atoms with Gasteiger partial charge in [0.2, 0.25) is 0 Å². The second-order valence-electron chi connectivity index (χ2n) is 6.40. The Bertz CT molecular complexity index is 936. The first-order valence-corrected chi connectivity index (χ1v) is 8.31. The Morgan fingerprint density at radius 2 is 1.64 bits per heavy atom. The summed E-state index contributed by atoms with van der Waals surface area (Å²) >= 11 is 0.